The molecule has 0 spiro atoms. The third-order valence-corrected chi connectivity index (χ3v) is 2.89. The first-order chi connectivity index (χ1) is 6.63. The minimum absolute atomic E-state index is 0.124. The molecule has 84 valence electrons. The Morgan fingerprint density at radius 1 is 1.14 bits per heavy atom. The zero-order chi connectivity index (χ0) is 11.0. The van der Waals surface area contributed by atoms with Crippen molar-refractivity contribution in [1.29, 1.82) is 0 Å². The number of aliphatic carboxylic acids is 1. The van der Waals surface area contributed by atoms with Crippen molar-refractivity contribution in [3.05, 3.63) is 0 Å². The molecule has 0 amide bonds. The van der Waals surface area contributed by atoms with Gasteiger partial charge in [-0.3, -0.25) is 4.79 Å². The molecule has 14 heavy (non-hydrogen) atoms. The Balaban J connectivity index is 3.97. The number of carboxylic acid groups (broad SMARTS) is 1. The van der Waals surface area contributed by atoms with Gasteiger partial charge in [0.2, 0.25) is 0 Å². The van der Waals surface area contributed by atoms with Crippen molar-refractivity contribution in [3.63, 3.8) is 0 Å². The number of unbranched alkanes of at least 4 members (excludes halogenated alkanes) is 2. The lowest BCUT2D eigenvalue weighted by Gasteiger charge is -2.19. The fourth-order valence-corrected chi connectivity index (χ4v) is 1.80. The minimum Gasteiger partial charge on any atom is -0.481 e. The summed E-state index contributed by atoms with van der Waals surface area (Å²) in [4.78, 5) is 11.0. The van der Waals surface area contributed by atoms with Crippen LogP contribution in [0.15, 0.2) is 0 Å². The average molecular weight is 200 g/mol. The van der Waals surface area contributed by atoms with Gasteiger partial charge < -0.3 is 5.11 Å². The van der Waals surface area contributed by atoms with Crippen LogP contribution in [-0.2, 0) is 4.79 Å². The van der Waals surface area contributed by atoms with Crippen LogP contribution in [0.5, 0.6) is 0 Å². The Morgan fingerprint density at radius 3 is 2.07 bits per heavy atom. The van der Waals surface area contributed by atoms with Gasteiger partial charge in [0, 0.05) is 0 Å². The number of hydrogen-bond donors (Lipinski definition) is 1. The Labute approximate surface area is 87.7 Å². The largest absolute Gasteiger partial charge is 0.481 e. The maximum atomic E-state index is 11.0. The summed E-state index contributed by atoms with van der Waals surface area (Å²) in [5, 5.41) is 9.07. The topological polar surface area (TPSA) is 37.3 Å². The smallest absolute Gasteiger partial charge is 0.306 e. The molecule has 0 aromatic heterocycles. The second kappa shape index (κ2) is 7.84. The molecule has 0 rings (SSSR count). The van der Waals surface area contributed by atoms with Crippen molar-refractivity contribution in [2.24, 2.45) is 11.8 Å². The third-order valence-electron chi connectivity index (χ3n) is 2.89. The molecular formula is C12H24O2. The summed E-state index contributed by atoms with van der Waals surface area (Å²) >= 11 is 0. The van der Waals surface area contributed by atoms with Gasteiger partial charge in [0.05, 0.1) is 5.92 Å². The molecule has 2 atom stereocenters. The van der Waals surface area contributed by atoms with Crippen molar-refractivity contribution >= 4 is 5.97 Å². The molecule has 1 N–H and O–H groups in total. The highest BCUT2D eigenvalue weighted by atomic mass is 16.4. The molecular weight excluding hydrogens is 176 g/mol. The highest BCUT2D eigenvalue weighted by molar-refractivity contribution is 5.70. The van der Waals surface area contributed by atoms with Crippen LogP contribution in [0, 0.1) is 11.8 Å². The maximum Gasteiger partial charge on any atom is 0.306 e. The van der Waals surface area contributed by atoms with Crippen LogP contribution >= 0.6 is 0 Å². The number of carbonyl (C=O) groups is 1. The molecule has 2 nitrogen and oxygen atoms in total. The molecule has 0 saturated heterocycles. The van der Waals surface area contributed by atoms with Gasteiger partial charge in [-0.15, -0.1) is 0 Å². The van der Waals surface area contributed by atoms with Crippen LogP contribution < -0.4 is 0 Å². The standard InChI is InChI=1S/C12H24O2/c1-4-6-8-10(3)11(12(13)14)9-7-5-2/h10-11H,4-9H2,1-3H3,(H,13,14). The zero-order valence-electron chi connectivity index (χ0n) is 9.75. The van der Waals surface area contributed by atoms with Gasteiger partial charge in [-0.2, -0.15) is 0 Å². The second-order valence-electron chi connectivity index (χ2n) is 4.21. The van der Waals surface area contributed by atoms with E-state index in [4.69, 9.17) is 5.11 Å². The van der Waals surface area contributed by atoms with Crippen LogP contribution in [0.4, 0.5) is 0 Å². The van der Waals surface area contributed by atoms with E-state index >= 15 is 0 Å². The van der Waals surface area contributed by atoms with Crippen molar-refractivity contribution < 1.29 is 9.90 Å². The molecule has 0 bridgehead atoms. The Bertz CT molecular complexity index is 154. The number of rotatable bonds is 8. The SMILES string of the molecule is CCCCC(C)C(CCCC)C(=O)O. The van der Waals surface area contributed by atoms with Gasteiger partial charge in [-0.05, 0) is 18.8 Å². The predicted molar refractivity (Wildman–Crippen MR) is 59.3 cm³/mol. The molecule has 0 aliphatic carbocycles. The molecule has 0 aliphatic rings. The van der Waals surface area contributed by atoms with E-state index in [1.165, 1.54) is 0 Å². The molecule has 0 saturated carbocycles. The van der Waals surface area contributed by atoms with E-state index in [1.54, 1.807) is 0 Å². The number of carboxylic acids is 1. The third kappa shape index (κ3) is 5.25. The first-order valence-corrected chi connectivity index (χ1v) is 5.86. The minimum atomic E-state index is -0.609. The Hall–Kier alpha value is -0.530. The van der Waals surface area contributed by atoms with Crippen molar-refractivity contribution in [2.75, 3.05) is 0 Å². The van der Waals surface area contributed by atoms with Crippen molar-refractivity contribution in [2.45, 2.75) is 59.3 Å². The second-order valence-corrected chi connectivity index (χ2v) is 4.21. The quantitative estimate of drug-likeness (QED) is 0.648. The van der Waals surface area contributed by atoms with E-state index < -0.39 is 5.97 Å². The van der Waals surface area contributed by atoms with E-state index in [0.717, 1.165) is 38.5 Å². The summed E-state index contributed by atoms with van der Waals surface area (Å²) in [6, 6.07) is 0. The van der Waals surface area contributed by atoms with Crippen LogP contribution in [0.25, 0.3) is 0 Å². The molecule has 0 aliphatic heterocycles. The highest BCUT2D eigenvalue weighted by Gasteiger charge is 2.23. The van der Waals surface area contributed by atoms with E-state index in [9.17, 15) is 4.79 Å². The fraction of sp³-hybridized carbons (Fsp3) is 0.917. The summed E-state index contributed by atoms with van der Waals surface area (Å²) in [6.07, 6.45) is 6.33. The first-order valence-electron chi connectivity index (χ1n) is 5.86. The normalized spacial score (nSPS) is 15.1. The molecule has 0 radical (unpaired) electrons. The fourth-order valence-electron chi connectivity index (χ4n) is 1.80. The highest BCUT2D eigenvalue weighted by Crippen LogP contribution is 2.23. The summed E-state index contributed by atoms with van der Waals surface area (Å²) < 4.78 is 0. The predicted octanol–water partition coefficient (Wildman–Crippen LogP) is 3.70. The number of hydrogen-bond acceptors (Lipinski definition) is 1. The zero-order valence-corrected chi connectivity index (χ0v) is 9.75. The Kier molecular flexibility index (Phi) is 7.54. The van der Waals surface area contributed by atoms with Crippen molar-refractivity contribution in [1.82, 2.24) is 0 Å². The Morgan fingerprint density at radius 2 is 1.64 bits per heavy atom. The summed E-state index contributed by atoms with van der Waals surface area (Å²) in [6.45, 7) is 6.33. The monoisotopic (exact) mass is 200 g/mol. The van der Waals surface area contributed by atoms with Gasteiger partial charge in [0.1, 0.15) is 0 Å². The average Bonchev–Trinajstić information content (AvgIpc) is 2.14. The van der Waals surface area contributed by atoms with Gasteiger partial charge >= 0.3 is 5.97 Å². The summed E-state index contributed by atoms with van der Waals surface area (Å²) in [5.41, 5.74) is 0. The van der Waals surface area contributed by atoms with E-state index in [-0.39, 0.29) is 5.92 Å². The van der Waals surface area contributed by atoms with Gasteiger partial charge in [-0.1, -0.05) is 46.5 Å². The molecule has 0 heterocycles. The molecule has 0 fully saturated rings. The lowest BCUT2D eigenvalue weighted by molar-refractivity contribution is -0.143. The van der Waals surface area contributed by atoms with E-state index in [1.807, 2.05) is 0 Å². The maximum absolute atomic E-state index is 11.0. The van der Waals surface area contributed by atoms with Crippen LogP contribution in [-0.4, -0.2) is 11.1 Å². The van der Waals surface area contributed by atoms with E-state index in [2.05, 4.69) is 20.8 Å². The summed E-state index contributed by atoms with van der Waals surface area (Å²) in [5.74, 6) is -0.400. The molecule has 2 unspecified atom stereocenters. The van der Waals surface area contributed by atoms with Crippen molar-refractivity contribution in [3.8, 4) is 0 Å². The van der Waals surface area contributed by atoms with Crippen LogP contribution in [0.2, 0.25) is 0 Å². The van der Waals surface area contributed by atoms with Gasteiger partial charge in [0.15, 0.2) is 0 Å². The molecule has 2 heteroatoms. The van der Waals surface area contributed by atoms with Crippen LogP contribution in [0.3, 0.4) is 0 Å². The van der Waals surface area contributed by atoms with E-state index in [0.29, 0.717) is 5.92 Å². The first kappa shape index (κ1) is 13.5. The molecule has 0 aromatic carbocycles. The van der Waals surface area contributed by atoms with Crippen LogP contribution in [0.1, 0.15) is 59.3 Å². The molecule has 0 aromatic rings. The van der Waals surface area contributed by atoms with Gasteiger partial charge in [-0.25, -0.2) is 0 Å². The lowest BCUT2D eigenvalue weighted by atomic mass is 9.86. The lowest BCUT2D eigenvalue weighted by Crippen LogP contribution is -2.21. The van der Waals surface area contributed by atoms with Gasteiger partial charge in [0.25, 0.3) is 0 Å². The summed E-state index contributed by atoms with van der Waals surface area (Å²) in [7, 11) is 0.